The lowest BCUT2D eigenvalue weighted by molar-refractivity contribution is -0.126. The molecule has 0 saturated heterocycles. The molecule has 190 valence electrons. The van der Waals surface area contributed by atoms with Gasteiger partial charge in [0.05, 0.1) is 5.92 Å². The zero-order valence-corrected chi connectivity index (χ0v) is 20.9. The highest BCUT2D eigenvalue weighted by Crippen LogP contribution is 2.26. The number of nitrogens with one attached hydrogen (secondary N) is 3. The van der Waals surface area contributed by atoms with Crippen molar-refractivity contribution in [3.05, 3.63) is 137 Å². The third-order valence-electron chi connectivity index (χ3n) is 6.79. The van der Waals surface area contributed by atoms with Gasteiger partial charge in [0.2, 0.25) is 11.8 Å². The Bertz CT molecular complexity index is 1520. The van der Waals surface area contributed by atoms with Crippen LogP contribution in [0.4, 0.5) is 10.1 Å². The minimum atomic E-state index is -0.903. The summed E-state index contributed by atoms with van der Waals surface area (Å²) in [4.78, 5) is 30.7. The van der Waals surface area contributed by atoms with Crippen LogP contribution in [0.5, 0.6) is 0 Å². The zero-order valence-electron chi connectivity index (χ0n) is 20.9. The predicted octanol–water partition coefficient (Wildman–Crippen LogP) is 6.11. The van der Waals surface area contributed by atoms with E-state index in [1.807, 2.05) is 91.1 Å². The van der Waals surface area contributed by atoms with Crippen LogP contribution in [0.3, 0.4) is 0 Å². The number of carbonyl (C=O) groups excluding carboxylic acids is 2. The Hall–Kier alpha value is -4.71. The molecule has 0 bridgehead atoms. The summed E-state index contributed by atoms with van der Waals surface area (Å²) in [5.74, 6) is -1.73. The summed E-state index contributed by atoms with van der Waals surface area (Å²) in [5.41, 5.74) is 4.19. The van der Waals surface area contributed by atoms with E-state index in [4.69, 9.17) is 0 Å². The molecule has 5 aromatic rings. The lowest BCUT2D eigenvalue weighted by Gasteiger charge is -2.23. The third kappa shape index (κ3) is 5.34. The topological polar surface area (TPSA) is 74.0 Å². The van der Waals surface area contributed by atoms with Gasteiger partial charge >= 0.3 is 0 Å². The van der Waals surface area contributed by atoms with Crippen molar-refractivity contribution in [1.82, 2.24) is 10.3 Å². The van der Waals surface area contributed by atoms with Crippen molar-refractivity contribution in [3.8, 4) is 0 Å². The van der Waals surface area contributed by atoms with Gasteiger partial charge in [-0.25, -0.2) is 4.39 Å². The summed E-state index contributed by atoms with van der Waals surface area (Å²) in [6, 6.07) is 30.4. The molecule has 0 aliphatic rings. The third-order valence-corrected chi connectivity index (χ3v) is 6.79. The molecule has 3 N–H and O–H groups in total. The van der Waals surface area contributed by atoms with Gasteiger partial charge in [0.1, 0.15) is 11.9 Å². The Kier molecular flexibility index (Phi) is 7.31. The Balaban J connectivity index is 1.48. The van der Waals surface area contributed by atoms with Crippen molar-refractivity contribution < 1.29 is 14.0 Å². The summed E-state index contributed by atoms with van der Waals surface area (Å²) in [6.07, 6.45) is 2.11. The molecule has 0 saturated carbocycles. The number of carbonyl (C=O) groups is 2. The van der Waals surface area contributed by atoms with Crippen molar-refractivity contribution in [2.75, 3.05) is 5.32 Å². The number of aromatic amines is 1. The van der Waals surface area contributed by atoms with Crippen molar-refractivity contribution in [3.63, 3.8) is 0 Å². The molecule has 1 heterocycles. The molecular weight excluding hydrogens is 477 g/mol. The van der Waals surface area contributed by atoms with Crippen molar-refractivity contribution in [2.24, 2.45) is 0 Å². The first kappa shape index (κ1) is 25.0. The van der Waals surface area contributed by atoms with Crippen LogP contribution in [0.25, 0.3) is 10.9 Å². The van der Waals surface area contributed by atoms with E-state index >= 15 is 0 Å². The van der Waals surface area contributed by atoms with E-state index < -0.39 is 23.7 Å². The zero-order chi connectivity index (χ0) is 26.5. The van der Waals surface area contributed by atoms with Crippen molar-refractivity contribution in [2.45, 2.75) is 25.3 Å². The minimum Gasteiger partial charge on any atom is -0.361 e. The molecular formula is C32H28FN3O2. The average molecular weight is 506 g/mol. The molecule has 0 unspecified atom stereocenters. The van der Waals surface area contributed by atoms with Gasteiger partial charge in [0.15, 0.2) is 0 Å². The number of rotatable bonds is 8. The van der Waals surface area contributed by atoms with E-state index in [9.17, 15) is 14.0 Å². The Morgan fingerprint density at radius 3 is 2.11 bits per heavy atom. The average Bonchev–Trinajstić information content (AvgIpc) is 3.35. The number of fused-ring (bicyclic) bond motifs is 1. The molecule has 1 aromatic heterocycles. The van der Waals surface area contributed by atoms with Gasteiger partial charge in [-0.15, -0.1) is 0 Å². The second kappa shape index (κ2) is 11.1. The van der Waals surface area contributed by atoms with E-state index in [0.29, 0.717) is 11.3 Å². The number of hydrogen-bond acceptors (Lipinski definition) is 2. The molecule has 6 heteroatoms. The number of amides is 2. The largest absolute Gasteiger partial charge is 0.361 e. The van der Waals surface area contributed by atoms with Gasteiger partial charge in [-0.1, -0.05) is 84.9 Å². The molecule has 5 nitrogen and oxygen atoms in total. The van der Waals surface area contributed by atoms with Crippen LogP contribution in [0.1, 0.15) is 28.2 Å². The quantitative estimate of drug-likeness (QED) is 0.238. The molecule has 0 aliphatic carbocycles. The van der Waals surface area contributed by atoms with Crippen molar-refractivity contribution in [1.29, 1.82) is 0 Å². The monoisotopic (exact) mass is 505 g/mol. The number of benzene rings is 4. The fourth-order valence-electron chi connectivity index (χ4n) is 4.73. The first-order chi connectivity index (χ1) is 18.5. The van der Waals surface area contributed by atoms with Crippen LogP contribution >= 0.6 is 0 Å². The molecule has 38 heavy (non-hydrogen) atoms. The molecule has 4 aromatic carbocycles. The number of halogens is 1. The van der Waals surface area contributed by atoms with Crippen LogP contribution in [0, 0.1) is 12.7 Å². The maximum atomic E-state index is 14.2. The van der Waals surface area contributed by atoms with E-state index in [2.05, 4.69) is 15.6 Å². The predicted molar refractivity (Wildman–Crippen MR) is 148 cm³/mol. The first-order valence-corrected chi connectivity index (χ1v) is 12.5. The Morgan fingerprint density at radius 2 is 1.42 bits per heavy atom. The summed E-state index contributed by atoms with van der Waals surface area (Å²) in [5, 5.41) is 6.82. The Labute approximate surface area is 220 Å². The van der Waals surface area contributed by atoms with Gasteiger partial charge in [0, 0.05) is 34.8 Å². The highest BCUT2D eigenvalue weighted by Gasteiger charge is 2.29. The molecule has 0 aliphatic heterocycles. The molecule has 0 fully saturated rings. The highest BCUT2D eigenvalue weighted by atomic mass is 19.1. The maximum absolute atomic E-state index is 14.2. The van der Waals surface area contributed by atoms with E-state index in [1.165, 1.54) is 6.07 Å². The summed E-state index contributed by atoms with van der Waals surface area (Å²) < 4.78 is 14.2. The van der Waals surface area contributed by atoms with Crippen LogP contribution in [-0.2, 0) is 16.0 Å². The standard InChI is InChI=1S/C32H28FN3O2/c1-21-26(33)16-10-18-27(21)35-31(37)29(19-24-20-34-28-17-9-8-15-25(24)28)36-32(38)30(22-11-4-2-5-12-22)23-13-6-3-7-14-23/h2-18,20,29-30,34H,19H2,1H3,(H,35,37)(H,36,38)/t29-/m0/s1. The first-order valence-electron chi connectivity index (χ1n) is 12.5. The van der Waals surface area contributed by atoms with Crippen LogP contribution in [0.2, 0.25) is 0 Å². The van der Waals surface area contributed by atoms with Gasteiger partial charge in [0.25, 0.3) is 0 Å². The summed E-state index contributed by atoms with van der Waals surface area (Å²) in [6.45, 7) is 1.61. The number of anilines is 1. The summed E-state index contributed by atoms with van der Waals surface area (Å²) >= 11 is 0. The second-order valence-electron chi connectivity index (χ2n) is 9.28. The smallest absolute Gasteiger partial charge is 0.247 e. The van der Waals surface area contributed by atoms with Gasteiger partial charge in [-0.2, -0.15) is 0 Å². The molecule has 0 spiro atoms. The Morgan fingerprint density at radius 1 is 0.789 bits per heavy atom. The molecule has 2 amide bonds. The number of para-hydroxylation sites is 1. The lowest BCUT2D eigenvalue weighted by atomic mass is 9.90. The van der Waals surface area contributed by atoms with E-state index in [0.717, 1.165) is 27.6 Å². The van der Waals surface area contributed by atoms with E-state index in [-0.39, 0.29) is 12.3 Å². The minimum absolute atomic E-state index is 0.256. The van der Waals surface area contributed by atoms with Crippen LogP contribution < -0.4 is 10.6 Å². The lowest BCUT2D eigenvalue weighted by Crippen LogP contribution is -2.47. The van der Waals surface area contributed by atoms with E-state index in [1.54, 1.807) is 19.1 Å². The highest BCUT2D eigenvalue weighted by molar-refractivity contribution is 5.99. The summed E-state index contributed by atoms with van der Waals surface area (Å²) in [7, 11) is 0. The van der Waals surface area contributed by atoms with Gasteiger partial charge in [-0.05, 0) is 41.8 Å². The van der Waals surface area contributed by atoms with Crippen LogP contribution in [-0.4, -0.2) is 22.8 Å². The number of aromatic nitrogens is 1. The normalized spacial score (nSPS) is 11.9. The number of hydrogen-bond donors (Lipinski definition) is 3. The molecule has 1 atom stereocenters. The van der Waals surface area contributed by atoms with Crippen molar-refractivity contribution >= 4 is 28.4 Å². The molecule has 0 radical (unpaired) electrons. The van der Waals surface area contributed by atoms with Gasteiger partial charge in [-0.3, -0.25) is 9.59 Å². The van der Waals surface area contributed by atoms with Crippen LogP contribution in [0.15, 0.2) is 109 Å². The van der Waals surface area contributed by atoms with Gasteiger partial charge < -0.3 is 15.6 Å². The maximum Gasteiger partial charge on any atom is 0.247 e. The fraction of sp³-hybridized carbons (Fsp3) is 0.125. The SMILES string of the molecule is Cc1c(F)cccc1NC(=O)[C@H](Cc1c[nH]c2ccccc12)NC(=O)C(c1ccccc1)c1ccccc1. The molecule has 5 rings (SSSR count). The fourth-order valence-corrected chi connectivity index (χ4v) is 4.73. The second-order valence-corrected chi connectivity index (χ2v) is 9.28. The number of H-pyrrole nitrogens is 1.